The predicted molar refractivity (Wildman–Crippen MR) is 506 cm³/mol. The van der Waals surface area contributed by atoms with Gasteiger partial charge in [-0.2, -0.15) is 21.0 Å². The Morgan fingerprint density at radius 3 is 1.35 bits per heavy atom. The third-order valence-corrected chi connectivity index (χ3v) is 29.2. The lowest BCUT2D eigenvalue weighted by Gasteiger charge is -2.27. The van der Waals surface area contributed by atoms with Crippen molar-refractivity contribution in [3.05, 3.63) is 277 Å². The first-order valence-electron chi connectivity index (χ1n) is 42.7. The molecule has 0 spiro atoms. The summed E-state index contributed by atoms with van der Waals surface area (Å²) in [5.74, 6) is 2.28. The van der Waals surface area contributed by atoms with Gasteiger partial charge in [-0.3, -0.25) is 43.2 Å². The van der Waals surface area contributed by atoms with E-state index in [0.29, 0.717) is 122 Å². The van der Waals surface area contributed by atoms with Crippen molar-refractivity contribution < 1.29 is 70.2 Å². The van der Waals surface area contributed by atoms with Crippen molar-refractivity contribution in [3.8, 4) is 34.5 Å². The number of rotatable bonds is 25. The highest BCUT2D eigenvalue weighted by molar-refractivity contribution is 8.76. The number of methoxy groups -OCH3 is 2. The van der Waals surface area contributed by atoms with Crippen LogP contribution in [0, 0.1) is 13.8 Å². The second kappa shape index (κ2) is 36.7. The number of anilines is 6. The number of para-hydroxylation sites is 4. The molecule has 8 aliphatic rings. The minimum atomic E-state index is -4.56. The highest BCUT2D eigenvalue weighted by Gasteiger charge is 2.48. The van der Waals surface area contributed by atoms with Gasteiger partial charge in [0.25, 0.3) is 33.7 Å². The quantitative estimate of drug-likeness (QED) is 0.0235. The average Bonchev–Trinajstić information content (AvgIpc) is 1.59. The van der Waals surface area contributed by atoms with E-state index in [-0.39, 0.29) is 110 Å². The second-order valence-corrected chi connectivity index (χ2v) is 40.9. The molecular formula is C101H105N7O15S4. The number of nitrogens with zero attached hydrogens (tertiary/aromatic N) is 5. The zero-order valence-corrected chi connectivity index (χ0v) is 75.2. The number of carbonyl (C=O) groups is 6. The maximum absolute atomic E-state index is 14.2. The zero-order chi connectivity index (χ0) is 88.2. The second-order valence-electron chi connectivity index (χ2n) is 35.0. The highest BCUT2D eigenvalue weighted by atomic mass is 33.1. The molecule has 1 unspecified atom stereocenters. The normalized spacial score (nSPS) is 17.9. The van der Waals surface area contributed by atoms with E-state index in [1.165, 1.54) is 16.0 Å². The Kier molecular flexibility index (Phi) is 25.7. The molecule has 3 N–H and O–H groups in total. The van der Waals surface area contributed by atoms with E-state index in [1.54, 1.807) is 60.1 Å². The standard InChI is InChI=1S/C50H50N4O6S2.C50H51N3O9S2.CH4/c1-30-18-40-41(51-27-38-23-35-11-7-9-13-43(35)54(38)49(40)57)26-44(30)59-28-31-19-32(21-36(20-31)52-47(55)16-17-50(2,3)62-61-5)29-60-46-24-33-14-15-37-22-34-10-6-8-12-42(34)53(37)48(56)39(33)25-45(46)58-4;1-29-17-38-35(25-46(64(57,58)59)42-22-34-10-6-8-12-41(34)53(42)49(38)56)24-43(29)61-27-30-18-31(20-36(19-30)51-47(54)15-16-50(2,3)63)28-62-45-23-32-13-14-37-21-33-9-5-7-11-40(33)52(37)48(55)39(32)26-44(45)60-4;/h6-13,18-21,24-27,37-38H,14-17,22-23,28-29H2,1-5H3,(H,52,55);5-12,17-20,23-24,26,37,42,46,63H,13-16,21-22,25,27-28H2,1-4H3,(H,51,54)(H,57,58,59);1H4/t37-,38+;37-,42+,46?;/m11./s1. The maximum atomic E-state index is 14.2. The molecular weight excluding hydrogens is 1680 g/mol. The van der Waals surface area contributed by atoms with Crippen LogP contribution >= 0.6 is 34.2 Å². The Hall–Kier alpha value is -11.6. The first kappa shape index (κ1) is 88.9. The van der Waals surface area contributed by atoms with Crippen molar-refractivity contribution in [2.24, 2.45) is 4.99 Å². The van der Waals surface area contributed by atoms with E-state index in [9.17, 15) is 41.7 Å². The number of benzene rings is 10. The summed E-state index contributed by atoms with van der Waals surface area (Å²) in [6.07, 6.45) is 11.5. The number of amides is 6. The molecule has 8 aliphatic heterocycles. The lowest BCUT2D eigenvalue weighted by molar-refractivity contribution is -0.117. The lowest BCUT2D eigenvalue weighted by Crippen LogP contribution is -2.47. The summed E-state index contributed by atoms with van der Waals surface area (Å²) < 4.78 is 73.4. The van der Waals surface area contributed by atoms with Crippen LogP contribution in [0.3, 0.4) is 0 Å². The summed E-state index contributed by atoms with van der Waals surface area (Å²) in [6, 6.07) is 56.8. The van der Waals surface area contributed by atoms with E-state index < -0.39 is 21.4 Å². The predicted octanol–water partition coefficient (Wildman–Crippen LogP) is 19.6. The SMILES string of the molecule is C.COc1cc2c(cc1OCc1cc(COc3cc4c(cc3C)C(=O)N3c5ccccc5C[C@H]3C(S(=O)(=O)O)C4)cc(NC(=O)CCC(C)(C)S)c1)CC[C@@H]1Cc3ccccc3N1C2=O.COc1cc2c(cc1OCc1cc(COc3cc4c(cc3C)C(=O)N3c5ccccc5C[C@H]3C=N4)cc(NC(=O)CCC(C)(C)SSC)c1)CC[C@@H]1Cc3ccccc3N1C2=O. The minimum absolute atomic E-state index is 0. The number of carbonyl (C=O) groups excluding carboxylic acids is 6. The van der Waals surface area contributed by atoms with Crippen LogP contribution in [-0.4, -0.2) is 114 Å². The third kappa shape index (κ3) is 18.8. The molecule has 0 aromatic heterocycles. The number of ether oxygens (including phenoxy) is 6. The molecule has 658 valence electrons. The van der Waals surface area contributed by atoms with Crippen LogP contribution < -0.4 is 58.7 Å². The Bertz CT molecular complexity index is 6190. The molecule has 0 saturated heterocycles. The first-order valence-corrected chi connectivity index (χ1v) is 47.2. The fraction of sp³-hybridized carbons (Fsp3) is 0.337. The van der Waals surface area contributed by atoms with Gasteiger partial charge in [0.1, 0.15) is 43.2 Å². The summed E-state index contributed by atoms with van der Waals surface area (Å²) in [5.41, 5.74) is 18.6. The van der Waals surface area contributed by atoms with Crippen LogP contribution in [0.25, 0.3) is 0 Å². The molecule has 0 bridgehead atoms. The summed E-state index contributed by atoms with van der Waals surface area (Å²) in [6.45, 7) is 12.5. The van der Waals surface area contributed by atoms with E-state index >= 15 is 0 Å². The molecule has 0 saturated carbocycles. The van der Waals surface area contributed by atoms with Crippen molar-refractivity contribution in [1.29, 1.82) is 0 Å². The smallest absolute Gasteiger partial charge is 0.270 e. The van der Waals surface area contributed by atoms with Crippen molar-refractivity contribution in [1.82, 2.24) is 0 Å². The van der Waals surface area contributed by atoms with Crippen LogP contribution in [-0.2, 0) is 91.1 Å². The molecule has 10 aromatic carbocycles. The Morgan fingerprint density at radius 2 is 0.882 bits per heavy atom. The van der Waals surface area contributed by atoms with Crippen LogP contribution in [0.1, 0.15) is 187 Å². The van der Waals surface area contributed by atoms with Crippen molar-refractivity contribution >= 4 is 126 Å². The van der Waals surface area contributed by atoms with Crippen LogP contribution in [0.2, 0.25) is 0 Å². The van der Waals surface area contributed by atoms with Gasteiger partial charge in [-0.05, 0) is 274 Å². The van der Waals surface area contributed by atoms with Crippen LogP contribution in [0.4, 0.5) is 39.8 Å². The molecule has 0 radical (unpaired) electrons. The average molecular weight is 1790 g/mol. The van der Waals surface area contributed by atoms with Gasteiger partial charge in [0, 0.05) is 104 Å². The highest BCUT2D eigenvalue weighted by Crippen LogP contribution is 2.47. The summed E-state index contributed by atoms with van der Waals surface area (Å²) in [4.78, 5) is 94.8. The molecule has 26 heteroatoms. The number of thiol groups is 1. The number of aliphatic imine (C=N–C) groups is 1. The molecule has 18 rings (SSSR count). The maximum Gasteiger partial charge on any atom is 0.270 e. The number of nitrogens with one attached hydrogen (secondary N) is 2. The first-order chi connectivity index (χ1) is 60.5. The number of fused-ring (bicyclic) bond motifs is 16. The van der Waals surface area contributed by atoms with Gasteiger partial charge in [-0.25, -0.2) is 0 Å². The molecule has 5 atom stereocenters. The van der Waals surface area contributed by atoms with E-state index in [2.05, 4.69) is 55.3 Å². The summed E-state index contributed by atoms with van der Waals surface area (Å²) in [5, 5.41) is 4.92. The molecule has 6 amide bonds. The molecule has 8 heterocycles. The largest absolute Gasteiger partial charge is 0.493 e. The fourth-order valence-electron chi connectivity index (χ4n) is 18.8. The Morgan fingerprint density at radius 1 is 0.480 bits per heavy atom. The van der Waals surface area contributed by atoms with Gasteiger partial charge in [-0.1, -0.05) is 116 Å². The molecule has 0 fully saturated rings. The molecule has 0 aliphatic carbocycles. The number of hydrogen-bond donors (Lipinski definition) is 4. The van der Waals surface area contributed by atoms with Crippen molar-refractivity contribution in [3.63, 3.8) is 0 Å². The van der Waals surface area contributed by atoms with Crippen LogP contribution in [0.5, 0.6) is 34.5 Å². The number of hydrogen-bond acceptors (Lipinski definition) is 18. The molecule has 10 aromatic rings. The molecule has 22 nitrogen and oxygen atoms in total. The van der Waals surface area contributed by atoms with Crippen molar-refractivity contribution in [2.75, 3.05) is 50.7 Å². The monoisotopic (exact) mass is 1780 g/mol. The van der Waals surface area contributed by atoms with Gasteiger partial charge < -0.3 is 53.8 Å². The minimum Gasteiger partial charge on any atom is -0.493 e. The van der Waals surface area contributed by atoms with Gasteiger partial charge in [-0.15, -0.1) is 0 Å². The molecule has 127 heavy (non-hydrogen) atoms. The zero-order valence-electron chi connectivity index (χ0n) is 71.9. The summed E-state index contributed by atoms with van der Waals surface area (Å²) in [7, 11) is 2.04. The van der Waals surface area contributed by atoms with Gasteiger partial charge in [0.2, 0.25) is 11.8 Å². The van der Waals surface area contributed by atoms with E-state index in [1.807, 2.05) is 194 Å². The van der Waals surface area contributed by atoms with E-state index in [4.69, 9.17) is 33.4 Å². The van der Waals surface area contributed by atoms with Gasteiger partial charge in [0.05, 0.1) is 37.6 Å². The topological polar surface area (TPSA) is 262 Å². The lowest BCUT2D eigenvalue weighted by atomic mass is 9.97. The summed E-state index contributed by atoms with van der Waals surface area (Å²) >= 11 is 4.59. The Labute approximate surface area is 755 Å². The fourth-order valence-corrected chi connectivity index (χ4v) is 22.2. The van der Waals surface area contributed by atoms with E-state index in [0.717, 1.165) is 107 Å². The third-order valence-electron chi connectivity index (χ3n) is 25.0. The van der Waals surface area contributed by atoms with Gasteiger partial charge >= 0.3 is 0 Å². The number of aryl methyl sites for hydroxylation is 4. The van der Waals surface area contributed by atoms with Gasteiger partial charge in [0.15, 0.2) is 23.0 Å². The Balaban J connectivity index is 0.000000185. The van der Waals surface area contributed by atoms with Crippen LogP contribution in [0.15, 0.2) is 187 Å². The van der Waals surface area contributed by atoms with Crippen molar-refractivity contribution in [2.45, 2.75) is 198 Å².